The Morgan fingerprint density at radius 3 is 2.17 bits per heavy atom. The molecule has 2 aromatic carbocycles. The molecule has 0 bridgehead atoms. The first-order valence-electron chi connectivity index (χ1n) is 11.1. The lowest BCUT2D eigenvalue weighted by molar-refractivity contribution is 0.585. The number of hydrogen-bond acceptors (Lipinski definition) is 0. The van der Waals surface area contributed by atoms with E-state index in [0.717, 1.165) is 6.42 Å². The highest BCUT2D eigenvalue weighted by molar-refractivity contribution is 5.82. The lowest BCUT2D eigenvalue weighted by Crippen LogP contribution is -2.27. The third-order valence-corrected chi connectivity index (χ3v) is 6.63. The molecule has 29 heavy (non-hydrogen) atoms. The molecule has 0 aliphatic heterocycles. The van der Waals surface area contributed by atoms with Crippen LogP contribution in [-0.2, 0) is 10.8 Å². The fourth-order valence-electron chi connectivity index (χ4n) is 4.85. The number of fused-ring (bicyclic) bond motifs is 2. The van der Waals surface area contributed by atoms with Crippen molar-refractivity contribution in [1.82, 2.24) is 0 Å². The van der Waals surface area contributed by atoms with Crippen molar-refractivity contribution >= 4 is 17.2 Å². The van der Waals surface area contributed by atoms with Gasteiger partial charge in [-0.1, -0.05) is 83.5 Å². The molecule has 5 rings (SSSR count). The van der Waals surface area contributed by atoms with Crippen molar-refractivity contribution in [2.75, 3.05) is 0 Å². The first-order valence-corrected chi connectivity index (χ1v) is 11.1. The Balaban J connectivity index is 1.98. The fraction of sp³-hybridized carbons (Fsp3) is 0.379. The summed E-state index contributed by atoms with van der Waals surface area (Å²) in [6.45, 7) is 14.0. The topological polar surface area (TPSA) is 0 Å². The molecular formula is C29H32. The zero-order chi connectivity index (χ0) is 20.6. The predicted molar refractivity (Wildman–Crippen MR) is 125 cm³/mol. The molecule has 0 aromatic heterocycles. The van der Waals surface area contributed by atoms with E-state index in [1.165, 1.54) is 56.3 Å². The molecule has 0 radical (unpaired) electrons. The number of hydrogen-bond donors (Lipinski definition) is 0. The van der Waals surface area contributed by atoms with Crippen LogP contribution in [0.5, 0.6) is 0 Å². The van der Waals surface area contributed by atoms with Crippen molar-refractivity contribution < 1.29 is 0 Å². The Morgan fingerprint density at radius 1 is 0.828 bits per heavy atom. The van der Waals surface area contributed by atoms with Gasteiger partial charge in [0.25, 0.3) is 0 Å². The molecule has 148 valence electrons. The zero-order valence-corrected chi connectivity index (χ0v) is 18.7. The number of rotatable bonds is 1. The van der Waals surface area contributed by atoms with E-state index in [4.69, 9.17) is 0 Å². The van der Waals surface area contributed by atoms with Gasteiger partial charge in [0.2, 0.25) is 0 Å². The molecule has 0 amide bonds. The van der Waals surface area contributed by atoms with Gasteiger partial charge in [0.15, 0.2) is 0 Å². The predicted octanol–water partition coefficient (Wildman–Crippen LogP) is 6.00. The first kappa shape index (κ1) is 18.7. The van der Waals surface area contributed by atoms with Crippen molar-refractivity contribution in [2.45, 2.75) is 71.6 Å². The van der Waals surface area contributed by atoms with E-state index in [0.29, 0.717) is 0 Å². The standard InChI is InChI=1S/C29H32/c1-28(2,3)21-14-13-20-15-24-23(22(20)16-21)17-25(29(4,5)6)27(19-11-12-19)26(24)18-9-7-8-10-18/h7-9,13-17H,10-12H2,1-6H3. The third-order valence-electron chi connectivity index (χ3n) is 6.63. The van der Waals surface area contributed by atoms with Gasteiger partial charge in [-0.3, -0.25) is 0 Å². The second kappa shape index (κ2) is 6.08. The molecule has 0 nitrogen and oxygen atoms in total. The maximum Gasteiger partial charge on any atom is -0.00672 e. The largest absolute Gasteiger partial charge is 0.0801 e. The van der Waals surface area contributed by atoms with E-state index < -0.39 is 0 Å². The van der Waals surface area contributed by atoms with Crippen LogP contribution in [0.2, 0.25) is 0 Å². The van der Waals surface area contributed by atoms with Crippen molar-refractivity contribution in [2.24, 2.45) is 0 Å². The van der Waals surface area contributed by atoms with Crippen LogP contribution in [0.4, 0.5) is 0 Å². The average molecular weight is 381 g/mol. The van der Waals surface area contributed by atoms with Gasteiger partial charge in [-0.2, -0.15) is 0 Å². The molecule has 0 spiro atoms. The second-order valence-corrected chi connectivity index (χ2v) is 11.0. The molecule has 3 aliphatic rings. The number of benzene rings is 2. The second-order valence-electron chi connectivity index (χ2n) is 11.0. The lowest BCUT2D eigenvalue weighted by atomic mass is 9.80. The molecule has 0 heterocycles. The normalized spacial score (nSPS) is 17.2. The van der Waals surface area contributed by atoms with Crippen LogP contribution in [0.1, 0.15) is 83.1 Å². The summed E-state index contributed by atoms with van der Waals surface area (Å²) in [7, 11) is 0. The van der Waals surface area contributed by atoms with Gasteiger partial charge in [-0.15, -0.1) is 0 Å². The minimum absolute atomic E-state index is 0.131. The summed E-state index contributed by atoms with van der Waals surface area (Å²) >= 11 is 0. The van der Waals surface area contributed by atoms with Gasteiger partial charge < -0.3 is 0 Å². The Bertz CT molecular complexity index is 1310. The summed E-state index contributed by atoms with van der Waals surface area (Å²) in [5.41, 5.74) is 9.33. The third kappa shape index (κ3) is 3.05. The molecule has 1 fully saturated rings. The van der Waals surface area contributed by atoms with Crippen molar-refractivity contribution in [3.05, 3.63) is 85.6 Å². The van der Waals surface area contributed by atoms with Crippen LogP contribution in [-0.4, -0.2) is 0 Å². The van der Waals surface area contributed by atoms with Gasteiger partial charge in [0.05, 0.1) is 0 Å². The summed E-state index contributed by atoms with van der Waals surface area (Å²) in [5, 5.41) is 5.78. The fourth-order valence-corrected chi connectivity index (χ4v) is 4.85. The molecule has 0 unspecified atom stereocenters. The lowest BCUT2D eigenvalue weighted by Gasteiger charge is -2.24. The van der Waals surface area contributed by atoms with Gasteiger partial charge in [0, 0.05) is 0 Å². The minimum Gasteiger partial charge on any atom is -0.0801 e. The van der Waals surface area contributed by atoms with Crippen LogP contribution in [0.3, 0.4) is 0 Å². The van der Waals surface area contributed by atoms with Crippen LogP contribution in [0.25, 0.3) is 17.2 Å². The highest BCUT2D eigenvalue weighted by Crippen LogP contribution is 2.36. The molecule has 3 aliphatic carbocycles. The highest BCUT2D eigenvalue weighted by Gasteiger charge is 2.27. The SMILES string of the molecule is CC(C)(C)c1ccc2c(c1)=c1cc(C(C)(C)C)c(=C3CC3)c(C3=CC=CC3)c1C=2. The minimum atomic E-state index is 0.131. The smallest absolute Gasteiger partial charge is 0.00672 e. The monoisotopic (exact) mass is 380 g/mol. The van der Waals surface area contributed by atoms with Gasteiger partial charge in [-0.25, -0.2) is 0 Å². The molecular weight excluding hydrogens is 348 g/mol. The van der Waals surface area contributed by atoms with E-state index in [-0.39, 0.29) is 10.8 Å². The summed E-state index contributed by atoms with van der Waals surface area (Å²) in [6, 6.07) is 9.62. The quantitative estimate of drug-likeness (QED) is 0.486. The Morgan fingerprint density at radius 2 is 1.59 bits per heavy atom. The van der Waals surface area contributed by atoms with E-state index >= 15 is 0 Å². The summed E-state index contributed by atoms with van der Waals surface area (Å²) in [6.07, 6.45) is 12.9. The van der Waals surface area contributed by atoms with E-state index in [9.17, 15) is 0 Å². The van der Waals surface area contributed by atoms with Gasteiger partial charge in [0.1, 0.15) is 0 Å². The zero-order valence-electron chi connectivity index (χ0n) is 18.7. The van der Waals surface area contributed by atoms with Crippen molar-refractivity contribution in [3.8, 4) is 0 Å². The van der Waals surface area contributed by atoms with E-state index in [1.807, 2.05) is 0 Å². The van der Waals surface area contributed by atoms with E-state index in [2.05, 4.69) is 90.1 Å². The molecule has 0 atom stereocenters. The molecule has 0 heteroatoms. The molecule has 1 saturated carbocycles. The van der Waals surface area contributed by atoms with Crippen LogP contribution >= 0.6 is 0 Å². The maximum atomic E-state index is 2.52. The molecule has 0 N–H and O–H groups in total. The van der Waals surface area contributed by atoms with Crippen LogP contribution in [0, 0.1) is 10.4 Å². The maximum absolute atomic E-state index is 2.52. The van der Waals surface area contributed by atoms with Crippen molar-refractivity contribution in [1.29, 1.82) is 0 Å². The van der Waals surface area contributed by atoms with E-state index in [1.54, 1.807) is 10.8 Å². The van der Waals surface area contributed by atoms with Crippen molar-refractivity contribution in [3.63, 3.8) is 0 Å². The summed E-state index contributed by atoms with van der Waals surface area (Å²) in [5.74, 6) is 0. The number of allylic oxidation sites excluding steroid dienone is 4. The Hall–Kier alpha value is -2.34. The Labute approximate surface area is 174 Å². The summed E-state index contributed by atoms with van der Waals surface area (Å²) in [4.78, 5) is 0. The molecule has 2 aromatic rings. The van der Waals surface area contributed by atoms with Gasteiger partial charge >= 0.3 is 0 Å². The molecule has 0 saturated heterocycles. The van der Waals surface area contributed by atoms with Crippen LogP contribution in [0.15, 0.2) is 42.5 Å². The van der Waals surface area contributed by atoms with Gasteiger partial charge in [-0.05, 0) is 90.9 Å². The summed E-state index contributed by atoms with van der Waals surface area (Å²) < 4.78 is 0. The average Bonchev–Trinajstić information content (AvgIpc) is 3.20. The Kier molecular flexibility index (Phi) is 3.92. The highest BCUT2D eigenvalue weighted by atomic mass is 14.3. The first-order chi connectivity index (χ1) is 13.6. The van der Waals surface area contributed by atoms with Crippen LogP contribution < -0.4 is 10.4 Å².